The Morgan fingerprint density at radius 3 is 2.55 bits per heavy atom. The molecular weight excluding hydrogens is 299 g/mol. The molecule has 1 unspecified atom stereocenters. The number of benzene rings is 1. The average molecular weight is 317 g/mol. The number of amides is 1. The Hall–Kier alpha value is -1.10. The Bertz CT molecular complexity index is 506. The number of halogens is 2. The fraction of sp³-hybridized carbons (Fsp3) is 0.429. The van der Waals surface area contributed by atoms with Gasteiger partial charge in [-0.3, -0.25) is 14.5 Å². The molecule has 1 rings (SSSR count). The van der Waals surface area contributed by atoms with Crippen molar-refractivity contribution in [2.24, 2.45) is 0 Å². The summed E-state index contributed by atoms with van der Waals surface area (Å²) in [7, 11) is 1.72. The van der Waals surface area contributed by atoms with Crippen molar-refractivity contribution in [3.8, 4) is 0 Å². The molecule has 4 nitrogen and oxygen atoms in total. The van der Waals surface area contributed by atoms with Gasteiger partial charge in [0.1, 0.15) is 0 Å². The molecule has 0 heterocycles. The summed E-state index contributed by atoms with van der Waals surface area (Å²) in [4.78, 5) is 25.6. The first-order valence-electron chi connectivity index (χ1n) is 6.33. The monoisotopic (exact) mass is 316 g/mol. The largest absolute Gasteiger partial charge is 0.355 e. The first kappa shape index (κ1) is 17.0. The van der Waals surface area contributed by atoms with Crippen LogP contribution in [0.2, 0.25) is 10.0 Å². The molecule has 1 amide bonds. The summed E-state index contributed by atoms with van der Waals surface area (Å²) >= 11 is 11.8. The van der Waals surface area contributed by atoms with Crippen molar-refractivity contribution in [1.82, 2.24) is 10.2 Å². The predicted molar refractivity (Wildman–Crippen MR) is 81.6 cm³/mol. The molecule has 0 aliphatic heterocycles. The third-order valence-corrected chi connectivity index (χ3v) is 3.55. The first-order valence-corrected chi connectivity index (χ1v) is 7.08. The summed E-state index contributed by atoms with van der Waals surface area (Å²) in [6, 6.07) is 4.31. The SMILES string of the molecule is CCNC(=O)CN(C)C(C)C(=O)c1ccc(Cl)cc1Cl. The Kier molecular flexibility index (Phi) is 6.46. The van der Waals surface area contributed by atoms with Gasteiger partial charge in [-0.05, 0) is 39.1 Å². The Balaban J connectivity index is 2.78. The number of likely N-dealkylation sites (N-methyl/N-ethyl adjacent to an activating group) is 2. The molecule has 1 aromatic carbocycles. The number of nitrogens with one attached hydrogen (secondary N) is 1. The zero-order valence-corrected chi connectivity index (χ0v) is 13.3. The van der Waals surface area contributed by atoms with Gasteiger partial charge in [0.25, 0.3) is 0 Å². The topological polar surface area (TPSA) is 49.4 Å². The van der Waals surface area contributed by atoms with Gasteiger partial charge in [0.05, 0.1) is 17.6 Å². The second-order valence-electron chi connectivity index (χ2n) is 4.53. The molecule has 110 valence electrons. The van der Waals surface area contributed by atoms with Crippen molar-refractivity contribution in [2.45, 2.75) is 19.9 Å². The van der Waals surface area contributed by atoms with Crippen LogP contribution >= 0.6 is 23.2 Å². The summed E-state index contributed by atoms with van der Waals surface area (Å²) in [6.45, 7) is 4.32. The van der Waals surface area contributed by atoms with Gasteiger partial charge in [-0.1, -0.05) is 23.2 Å². The van der Waals surface area contributed by atoms with Crippen molar-refractivity contribution in [3.63, 3.8) is 0 Å². The van der Waals surface area contributed by atoms with E-state index in [9.17, 15) is 9.59 Å². The molecule has 0 radical (unpaired) electrons. The zero-order valence-electron chi connectivity index (χ0n) is 11.7. The minimum Gasteiger partial charge on any atom is -0.355 e. The molecule has 0 fully saturated rings. The first-order chi connectivity index (χ1) is 9.36. The van der Waals surface area contributed by atoms with Gasteiger partial charge < -0.3 is 5.32 Å². The number of hydrogen-bond donors (Lipinski definition) is 1. The van der Waals surface area contributed by atoms with Gasteiger partial charge in [0.2, 0.25) is 5.91 Å². The van der Waals surface area contributed by atoms with Crippen LogP contribution in [0.1, 0.15) is 24.2 Å². The Morgan fingerprint density at radius 1 is 1.35 bits per heavy atom. The molecule has 0 bridgehead atoms. The highest BCUT2D eigenvalue weighted by atomic mass is 35.5. The average Bonchev–Trinajstić information content (AvgIpc) is 2.37. The molecule has 0 saturated carbocycles. The van der Waals surface area contributed by atoms with Crippen LogP contribution in [0.5, 0.6) is 0 Å². The van der Waals surface area contributed by atoms with Crippen molar-refractivity contribution < 1.29 is 9.59 Å². The fourth-order valence-corrected chi connectivity index (χ4v) is 2.23. The van der Waals surface area contributed by atoms with Gasteiger partial charge >= 0.3 is 0 Å². The van der Waals surface area contributed by atoms with E-state index in [0.717, 1.165) is 0 Å². The van der Waals surface area contributed by atoms with Crippen LogP contribution in [0.4, 0.5) is 0 Å². The maximum Gasteiger partial charge on any atom is 0.234 e. The minimum absolute atomic E-state index is 0.114. The van der Waals surface area contributed by atoms with Crippen LogP contribution < -0.4 is 5.32 Å². The maximum atomic E-state index is 12.4. The van der Waals surface area contributed by atoms with E-state index in [0.29, 0.717) is 22.2 Å². The standard InChI is InChI=1S/C14H18Cl2N2O2/c1-4-17-13(19)8-18(3)9(2)14(20)11-6-5-10(15)7-12(11)16/h5-7,9H,4,8H2,1-3H3,(H,17,19). The number of Topliss-reactive ketones (excluding diaryl/α,β-unsaturated/α-hetero) is 1. The van der Waals surface area contributed by atoms with Crippen LogP contribution in [-0.4, -0.2) is 42.8 Å². The number of carbonyl (C=O) groups is 2. The van der Waals surface area contributed by atoms with Gasteiger partial charge in [-0.2, -0.15) is 0 Å². The lowest BCUT2D eigenvalue weighted by molar-refractivity contribution is -0.122. The molecule has 1 N–H and O–H groups in total. The van der Waals surface area contributed by atoms with Crippen LogP contribution in [0.15, 0.2) is 18.2 Å². The molecule has 0 aliphatic carbocycles. The predicted octanol–water partition coefficient (Wildman–Crippen LogP) is 2.63. The second kappa shape index (κ2) is 7.62. The van der Waals surface area contributed by atoms with Crippen molar-refractivity contribution in [1.29, 1.82) is 0 Å². The number of hydrogen-bond acceptors (Lipinski definition) is 3. The summed E-state index contributed by atoms with van der Waals surface area (Å²) in [5, 5.41) is 3.49. The minimum atomic E-state index is -0.448. The van der Waals surface area contributed by atoms with E-state index in [1.165, 1.54) is 6.07 Å². The quantitative estimate of drug-likeness (QED) is 0.821. The van der Waals surface area contributed by atoms with Crippen LogP contribution in [0, 0.1) is 0 Å². The third-order valence-electron chi connectivity index (χ3n) is 3.00. The number of nitrogens with zero attached hydrogens (tertiary/aromatic N) is 1. The van der Waals surface area contributed by atoms with Crippen LogP contribution in [0.3, 0.4) is 0 Å². The summed E-state index contributed by atoms with van der Waals surface area (Å²) in [5.41, 5.74) is 0.409. The maximum absolute atomic E-state index is 12.4. The fourth-order valence-electron chi connectivity index (χ4n) is 1.73. The second-order valence-corrected chi connectivity index (χ2v) is 5.38. The van der Waals surface area contributed by atoms with E-state index >= 15 is 0 Å². The van der Waals surface area contributed by atoms with Crippen molar-refractivity contribution in [2.75, 3.05) is 20.1 Å². The molecule has 0 saturated heterocycles. The van der Waals surface area contributed by atoms with Gasteiger partial charge in [0, 0.05) is 17.1 Å². The smallest absolute Gasteiger partial charge is 0.234 e. The van der Waals surface area contributed by atoms with Crippen LogP contribution in [0.25, 0.3) is 0 Å². The van der Waals surface area contributed by atoms with E-state index in [1.807, 2.05) is 6.92 Å². The van der Waals surface area contributed by atoms with Gasteiger partial charge in [0.15, 0.2) is 5.78 Å². The molecule has 0 spiro atoms. The molecule has 20 heavy (non-hydrogen) atoms. The van der Waals surface area contributed by atoms with E-state index < -0.39 is 6.04 Å². The molecule has 0 aliphatic rings. The molecule has 6 heteroatoms. The highest BCUT2D eigenvalue weighted by Crippen LogP contribution is 2.22. The summed E-state index contributed by atoms with van der Waals surface area (Å²) in [5.74, 6) is -0.254. The lowest BCUT2D eigenvalue weighted by atomic mass is 10.0. The number of rotatable bonds is 6. The highest BCUT2D eigenvalue weighted by molar-refractivity contribution is 6.37. The molecule has 0 aromatic heterocycles. The zero-order chi connectivity index (χ0) is 15.3. The number of carbonyl (C=O) groups excluding carboxylic acids is 2. The summed E-state index contributed by atoms with van der Waals surface area (Å²) in [6.07, 6.45) is 0. The van der Waals surface area contributed by atoms with Crippen molar-refractivity contribution in [3.05, 3.63) is 33.8 Å². The van der Waals surface area contributed by atoms with Crippen molar-refractivity contribution >= 4 is 34.9 Å². The van der Waals surface area contributed by atoms with Crippen LogP contribution in [-0.2, 0) is 4.79 Å². The molecule has 1 atom stereocenters. The van der Waals surface area contributed by atoms with E-state index in [2.05, 4.69) is 5.32 Å². The lowest BCUT2D eigenvalue weighted by Gasteiger charge is -2.23. The number of ketones is 1. The van der Waals surface area contributed by atoms with Gasteiger partial charge in [-0.25, -0.2) is 0 Å². The molecular formula is C14H18Cl2N2O2. The third kappa shape index (κ3) is 4.47. The molecule has 1 aromatic rings. The Morgan fingerprint density at radius 2 is 2.00 bits per heavy atom. The lowest BCUT2D eigenvalue weighted by Crippen LogP contribution is -2.42. The van der Waals surface area contributed by atoms with Gasteiger partial charge in [-0.15, -0.1) is 0 Å². The van der Waals surface area contributed by atoms with E-state index in [4.69, 9.17) is 23.2 Å². The summed E-state index contributed by atoms with van der Waals surface area (Å²) < 4.78 is 0. The highest BCUT2D eigenvalue weighted by Gasteiger charge is 2.23. The van der Waals surface area contributed by atoms with E-state index in [1.54, 1.807) is 31.0 Å². The Labute approximate surface area is 129 Å². The van der Waals surface area contributed by atoms with E-state index in [-0.39, 0.29) is 18.2 Å². The normalized spacial score (nSPS) is 12.3.